The lowest BCUT2D eigenvalue weighted by atomic mass is 10.0. The molecule has 1 fully saturated rings. The third kappa shape index (κ3) is 6.75. The van der Waals surface area contributed by atoms with Crippen molar-refractivity contribution in [2.45, 2.75) is 44.4 Å². The van der Waals surface area contributed by atoms with Gasteiger partial charge in [0.05, 0.1) is 12.7 Å². The van der Waals surface area contributed by atoms with Crippen molar-refractivity contribution in [3.8, 4) is 0 Å². The number of carbonyl (C=O) groups is 1. The molecule has 1 aliphatic heterocycles. The normalized spacial score (nSPS) is 18.4. The first-order chi connectivity index (χ1) is 9.86. The van der Waals surface area contributed by atoms with Crippen LogP contribution < -0.4 is 5.32 Å². The zero-order chi connectivity index (χ0) is 15.9. The van der Waals surface area contributed by atoms with Crippen LogP contribution in [0.1, 0.15) is 26.7 Å². The lowest BCUT2D eigenvalue weighted by molar-refractivity contribution is 0.0275. The van der Waals surface area contributed by atoms with Crippen molar-refractivity contribution in [1.29, 1.82) is 0 Å². The van der Waals surface area contributed by atoms with Crippen molar-refractivity contribution in [3.05, 3.63) is 0 Å². The average Bonchev–Trinajstić information content (AvgIpc) is 3.22. The number of hydrogen-bond acceptors (Lipinski definition) is 6. The Hall–Kier alpha value is -0.673. The predicted molar refractivity (Wildman–Crippen MR) is 79.1 cm³/mol. The fourth-order valence-electron chi connectivity index (χ4n) is 2.11. The molecule has 1 saturated heterocycles. The topological polar surface area (TPSA) is 78.6 Å². The summed E-state index contributed by atoms with van der Waals surface area (Å²) in [6.07, 6.45) is 1.22. The van der Waals surface area contributed by atoms with Crippen LogP contribution in [0.3, 0.4) is 0 Å². The van der Waals surface area contributed by atoms with Gasteiger partial charge in [-0.05, 0) is 20.3 Å². The van der Waals surface area contributed by atoms with Gasteiger partial charge in [0, 0.05) is 40.3 Å². The van der Waals surface area contributed by atoms with E-state index in [2.05, 4.69) is 5.32 Å². The minimum atomic E-state index is -2.56. The molecule has 1 amide bonds. The van der Waals surface area contributed by atoms with Crippen molar-refractivity contribution < 1.29 is 27.5 Å². The quantitative estimate of drug-likeness (QED) is 0.374. The van der Waals surface area contributed by atoms with E-state index in [1.165, 1.54) is 0 Å². The SMILES string of the molecule is CO[Si](CCCNC(=O)OC(C)(C)CC1CO1)(OC)OC. The maximum atomic E-state index is 11.7. The second-order valence-corrected chi connectivity index (χ2v) is 8.73. The van der Waals surface area contributed by atoms with E-state index in [1.54, 1.807) is 21.3 Å². The summed E-state index contributed by atoms with van der Waals surface area (Å²) in [5.41, 5.74) is -0.519. The average molecular weight is 321 g/mol. The van der Waals surface area contributed by atoms with Gasteiger partial charge in [0.15, 0.2) is 0 Å². The molecule has 0 radical (unpaired) electrons. The minimum absolute atomic E-state index is 0.226. The highest BCUT2D eigenvalue weighted by atomic mass is 28.4. The Morgan fingerprint density at radius 3 is 2.33 bits per heavy atom. The third-order valence-corrected chi connectivity index (χ3v) is 6.18. The Balaban J connectivity index is 2.20. The van der Waals surface area contributed by atoms with Crippen LogP contribution >= 0.6 is 0 Å². The third-order valence-electron chi connectivity index (χ3n) is 3.35. The van der Waals surface area contributed by atoms with Crippen LogP contribution in [0.2, 0.25) is 6.04 Å². The Bertz CT molecular complexity index is 322. The lowest BCUT2D eigenvalue weighted by Crippen LogP contribution is -2.43. The maximum Gasteiger partial charge on any atom is 0.500 e. The molecule has 21 heavy (non-hydrogen) atoms. The second-order valence-electron chi connectivity index (χ2n) is 5.63. The molecule has 1 aliphatic rings. The van der Waals surface area contributed by atoms with Gasteiger partial charge in [-0.1, -0.05) is 0 Å². The molecule has 7 nitrogen and oxygen atoms in total. The molecule has 1 rings (SSSR count). The van der Waals surface area contributed by atoms with Gasteiger partial charge in [-0.15, -0.1) is 0 Å². The number of ether oxygens (including phenoxy) is 2. The van der Waals surface area contributed by atoms with Crippen LogP contribution in [0.15, 0.2) is 0 Å². The first-order valence-corrected chi connectivity index (χ1v) is 9.03. The van der Waals surface area contributed by atoms with Crippen LogP contribution in [-0.4, -0.2) is 61.1 Å². The van der Waals surface area contributed by atoms with Crippen molar-refractivity contribution in [1.82, 2.24) is 5.32 Å². The van der Waals surface area contributed by atoms with Gasteiger partial charge >= 0.3 is 14.9 Å². The molecule has 8 heteroatoms. The molecule has 1 unspecified atom stereocenters. The van der Waals surface area contributed by atoms with Gasteiger partial charge in [0.25, 0.3) is 0 Å². The molecular formula is C13H27NO6Si. The number of hydrogen-bond donors (Lipinski definition) is 1. The first kappa shape index (κ1) is 18.4. The summed E-state index contributed by atoms with van der Waals surface area (Å²) >= 11 is 0. The monoisotopic (exact) mass is 321 g/mol. The molecule has 0 saturated carbocycles. The molecule has 0 spiro atoms. The van der Waals surface area contributed by atoms with Gasteiger partial charge in [-0.2, -0.15) is 0 Å². The standard InChI is InChI=1S/C13H27NO6Si/c1-13(2,9-11-10-19-11)20-12(15)14-7-6-8-21(16-3,17-4)18-5/h11H,6-10H2,1-5H3,(H,14,15). The highest BCUT2D eigenvalue weighted by Gasteiger charge is 2.37. The van der Waals surface area contributed by atoms with E-state index >= 15 is 0 Å². The van der Waals surface area contributed by atoms with Crippen LogP contribution in [0.5, 0.6) is 0 Å². The molecule has 0 aromatic carbocycles. The van der Waals surface area contributed by atoms with E-state index < -0.39 is 20.5 Å². The zero-order valence-corrected chi connectivity index (χ0v) is 14.6. The molecule has 1 N–H and O–H groups in total. The van der Waals surface area contributed by atoms with Gasteiger partial charge in [-0.3, -0.25) is 0 Å². The summed E-state index contributed by atoms with van der Waals surface area (Å²) in [6.45, 7) is 5.01. The van der Waals surface area contributed by atoms with E-state index in [0.717, 1.165) is 6.61 Å². The van der Waals surface area contributed by atoms with Gasteiger partial charge in [-0.25, -0.2) is 4.79 Å². The molecule has 124 valence electrons. The number of carbonyl (C=O) groups excluding carboxylic acids is 1. The number of nitrogens with one attached hydrogen (secondary N) is 1. The van der Waals surface area contributed by atoms with E-state index in [9.17, 15) is 4.79 Å². The number of rotatable bonds is 10. The van der Waals surface area contributed by atoms with Gasteiger partial charge in [0.2, 0.25) is 0 Å². The predicted octanol–water partition coefficient (Wildman–Crippen LogP) is 1.55. The van der Waals surface area contributed by atoms with Crippen molar-refractivity contribution in [2.75, 3.05) is 34.5 Å². The molecule has 0 aromatic rings. The fourth-order valence-corrected chi connectivity index (χ4v) is 3.84. The van der Waals surface area contributed by atoms with Crippen molar-refractivity contribution >= 4 is 14.9 Å². The zero-order valence-electron chi connectivity index (χ0n) is 13.6. The maximum absolute atomic E-state index is 11.7. The molecular weight excluding hydrogens is 294 g/mol. The van der Waals surface area contributed by atoms with E-state index in [-0.39, 0.29) is 6.10 Å². The summed E-state index contributed by atoms with van der Waals surface area (Å²) in [6, 6.07) is 0.635. The lowest BCUT2D eigenvalue weighted by Gasteiger charge is -2.25. The van der Waals surface area contributed by atoms with Gasteiger partial charge in [0.1, 0.15) is 5.60 Å². The highest BCUT2D eigenvalue weighted by molar-refractivity contribution is 6.60. The summed E-state index contributed by atoms with van der Waals surface area (Å²) in [7, 11) is 2.16. The molecule has 0 bridgehead atoms. The first-order valence-electron chi connectivity index (χ1n) is 7.10. The molecule has 1 atom stereocenters. The Kier molecular flexibility index (Phi) is 7.08. The van der Waals surface area contributed by atoms with Crippen LogP contribution in [-0.2, 0) is 22.8 Å². The minimum Gasteiger partial charge on any atom is -0.443 e. The number of alkyl carbamates (subject to hydrolysis) is 1. The van der Waals surface area contributed by atoms with E-state index in [4.69, 9.17) is 22.8 Å². The fraction of sp³-hybridized carbons (Fsp3) is 0.923. The van der Waals surface area contributed by atoms with Crippen molar-refractivity contribution in [3.63, 3.8) is 0 Å². The number of epoxide rings is 1. The molecule has 0 aromatic heterocycles. The Morgan fingerprint density at radius 2 is 1.86 bits per heavy atom. The van der Waals surface area contributed by atoms with E-state index in [1.807, 2.05) is 13.8 Å². The van der Waals surface area contributed by atoms with Gasteiger partial charge < -0.3 is 28.1 Å². The Morgan fingerprint density at radius 1 is 1.29 bits per heavy atom. The summed E-state index contributed by atoms with van der Waals surface area (Å²) in [5.74, 6) is 0. The number of amides is 1. The molecule has 1 heterocycles. The Labute approximate surface area is 127 Å². The highest BCUT2D eigenvalue weighted by Crippen LogP contribution is 2.25. The summed E-state index contributed by atoms with van der Waals surface area (Å²) in [5, 5.41) is 2.73. The summed E-state index contributed by atoms with van der Waals surface area (Å²) in [4.78, 5) is 11.7. The smallest absolute Gasteiger partial charge is 0.443 e. The summed E-state index contributed by atoms with van der Waals surface area (Å²) < 4.78 is 26.5. The van der Waals surface area contributed by atoms with Crippen LogP contribution in [0.25, 0.3) is 0 Å². The molecule has 0 aliphatic carbocycles. The largest absolute Gasteiger partial charge is 0.500 e. The second kappa shape index (κ2) is 8.09. The van der Waals surface area contributed by atoms with E-state index in [0.29, 0.717) is 25.4 Å². The van der Waals surface area contributed by atoms with Crippen LogP contribution in [0.4, 0.5) is 4.79 Å². The van der Waals surface area contributed by atoms with Crippen LogP contribution in [0, 0.1) is 0 Å². The van der Waals surface area contributed by atoms with Crippen molar-refractivity contribution in [2.24, 2.45) is 0 Å².